The zero-order valence-electron chi connectivity index (χ0n) is 9.96. The minimum atomic E-state index is 0.681. The molecule has 1 aromatic heterocycles. The molecule has 0 spiro atoms. The van der Waals surface area contributed by atoms with Crippen molar-refractivity contribution in [3.8, 4) is 5.88 Å². The number of pyridine rings is 1. The van der Waals surface area contributed by atoms with Gasteiger partial charge in [0.05, 0.1) is 12.8 Å². The van der Waals surface area contributed by atoms with Crippen LogP contribution >= 0.6 is 0 Å². The molecule has 0 aliphatic carbocycles. The zero-order chi connectivity index (χ0) is 11.1. The number of hydrogen-bond acceptors (Lipinski definition) is 3. The molecule has 0 amide bonds. The molecule has 0 aliphatic rings. The molecule has 0 fully saturated rings. The Morgan fingerprint density at radius 3 is 2.21 bits per heavy atom. The predicted molar refractivity (Wildman–Crippen MR) is 61.2 cm³/mol. The lowest BCUT2D eigenvalue weighted by atomic mass is 10.3. The van der Waals surface area contributed by atoms with Crippen LogP contribution in [0.15, 0.2) is 12.1 Å². The van der Waals surface area contributed by atoms with E-state index in [1.54, 1.807) is 7.11 Å². The molecule has 14 heavy (non-hydrogen) atoms. The summed E-state index contributed by atoms with van der Waals surface area (Å²) in [6, 6.07) is 3.97. The summed E-state index contributed by atoms with van der Waals surface area (Å²) in [5, 5.41) is 0. The van der Waals surface area contributed by atoms with Crippen molar-refractivity contribution < 1.29 is 4.74 Å². The first-order chi connectivity index (χ1) is 6.65. The topological polar surface area (TPSA) is 25.4 Å². The summed E-state index contributed by atoms with van der Waals surface area (Å²) in [6.07, 6.45) is 0. The molecule has 0 radical (unpaired) electrons. The summed E-state index contributed by atoms with van der Waals surface area (Å²) in [5.41, 5.74) is 1.97. The van der Waals surface area contributed by atoms with Gasteiger partial charge in [0.15, 0.2) is 0 Å². The van der Waals surface area contributed by atoms with Gasteiger partial charge in [-0.2, -0.15) is 0 Å². The van der Waals surface area contributed by atoms with Crippen LogP contribution < -0.4 is 9.64 Å². The van der Waals surface area contributed by atoms with Gasteiger partial charge in [0, 0.05) is 19.8 Å². The van der Waals surface area contributed by atoms with Gasteiger partial charge in [0.1, 0.15) is 0 Å². The second-order valence-corrected chi connectivity index (χ2v) is 2.88. The molecule has 0 saturated heterocycles. The quantitative estimate of drug-likeness (QED) is 0.726. The summed E-state index contributed by atoms with van der Waals surface area (Å²) >= 11 is 0. The standard InChI is InChI=1S/C9H14N2O.C2H6/c1-7-5-6-8(11(2)3)9(10-7)12-4;1-2/h5-6H,1-4H3;1-2H3. The van der Waals surface area contributed by atoms with E-state index in [2.05, 4.69) is 4.98 Å². The minimum Gasteiger partial charge on any atom is -0.480 e. The van der Waals surface area contributed by atoms with Crippen LogP contribution in [-0.2, 0) is 0 Å². The van der Waals surface area contributed by atoms with Crippen LogP contribution in [0.1, 0.15) is 19.5 Å². The van der Waals surface area contributed by atoms with Gasteiger partial charge in [-0.15, -0.1) is 0 Å². The van der Waals surface area contributed by atoms with Gasteiger partial charge in [0.25, 0.3) is 0 Å². The number of methoxy groups -OCH3 is 1. The summed E-state index contributed by atoms with van der Waals surface area (Å²) in [7, 11) is 5.57. The Labute approximate surface area is 86.7 Å². The van der Waals surface area contributed by atoms with Gasteiger partial charge in [-0.25, -0.2) is 4.98 Å². The molecule has 1 aromatic rings. The fraction of sp³-hybridized carbons (Fsp3) is 0.545. The molecule has 3 nitrogen and oxygen atoms in total. The molecule has 3 heteroatoms. The molecule has 0 N–H and O–H groups in total. The summed E-state index contributed by atoms with van der Waals surface area (Å²) in [5.74, 6) is 0.681. The lowest BCUT2D eigenvalue weighted by Gasteiger charge is -2.15. The van der Waals surface area contributed by atoms with E-state index in [1.807, 2.05) is 51.9 Å². The number of nitrogens with zero attached hydrogens (tertiary/aromatic N) is 2. The van der Waals surface area contributed by atoms with Crippen LogP contribution in [0.3, 0.4) is 0 Å². The highest BCUT2D eigenvalue weighted by atomic mass is 16.5. The lowest BCUT2D eigenvalue weighted by molar-refractivity contribution is 0.397. The van der Waals surface area contributed by atoms with Gasteiger partial charge < -0.3 is 9.64 Å². The van der Waals surface area contributed by atoms with Gasteiger partial charge in [0.2, 0.25) is 5.88 Å². The fourth-order valence-corrected chi connectivity index (χ4v) is 1.02. The van der Waals surface area contributed by atoms with E-state index in [0.29, 0.717) is 5.88 Å². The molecule has 0 aromatic carbocycles. The van der Waals surface area contributed by atoms with Crippen molar-refractivity contribution in [1.82, 2.24) is 4.98 Å². The highest BCUT2D eigenvalue weighted by Gasteiger charge is 2.05. The van der Waals surface area contributed by atoms with Crippen molar-refractivity contribution in [2.24, 2.45) is 0 Å². The predicted octanol–water partition coefficient (Wildman–Crippen LogP) is 2.49. The van der Waals surface area contributed by atoms with Crippen LogP contribution in [0.4, 0.5) is 5.69 Å². The first kappa shape index (κ1) is 12.8. The number of rotatable bonds is 2. The smallest absolute Gasteiger partial charge is 0.237 e. The third-order valence-corrected chi connectivity index (χ3v) is 1.65. The summed E-state index contributed by atoms with van der Waals surface area (Å²) in [6.45, 7) is 5.95. The lowest BCUT2D eigenvalue weighted by Crippen LogP contribution is -2.11. The maximum absolute atomic E-state index is 5.13. The van der Waals surface area contributed by atoms with Crippen molar-refractivity contribution in [3.05, 3.63) is 17.8 Å². The number of hydrogen-bond donors (Lipinski definition) is 0. The van der Waals surface area contributed by atoms with Crippen LogP contribution in [-0.4, -0.2) is 26.2 Å². The second-order valence-electron chi connectivity index (χ2n) is 2.88. The van der Waals surface area contributed by atoms with Crippen molar-refractivity contribution >= 4 is 5.69 Å². The van der Waals surface area contributed by atoms with Gasteiger partial charge in [-0.1, -0.05) is 13.8 Å². The number of aryl methyl sites for hydroxylation is 1. The van der Waals surface area contributed by atoms with Crippen molar-refractivity contribution in [3.63, 3.8) is 0 Å². The molecular formula is C11H20N2O. The van der Waals surface area contributed by atoms with Gasteiger partial charge in [-0.05, 0) is 19.1 Å². The Hall–Kier alpha value is -1.25. The Bertz CT molecular complexity index is 272. The van der Waals surface area contributed by atoms with Crippen molar-refractivity contribution in [2.75, 3.05) is 26.1 Å². The van der Waals surface area contributed by atoms with Crippen LogP contribution in [0.2, 0.25) is 0 Å². The first-order valence-corrected chi connectivity index (χ1v) is 4.84. The molecule has 1 heterocycles. The Kier molecular flexibility index (Phi) is 5.68. The van der Waals surface area contributed by atoms with E-state index in [4.69, 9.17) is 4.74 Å². The normalized spacial score (nSPS) is 8.71. The number of aromatic nitrogens is 1. The average molecular weight is 196 g/mol. The molecule has 1 rings (SSSR count). The molecule has 0 bridgehead atoms. The first-order valence-electron chi connectivity index (χ1n) is 4.84. The van der Waals surface area contributed by atoms with Gasteiger partial charge in [-0.3, -0.25) is 0 Å². The molecule has 80 valence electrons. The molecular weight excluding hydrogens is 176 g/mol. The molecule has 0 aliphatic heterocycles. The Balaban J connectivity index is 0.000000791. The third-order valence-electron chi connectivity index (χ3n) is 1.65. The fourth-order valence-electron chi connectivity index (χ4n) is 1.02. The van der Waals surface area contributed by atoms with Gasteiger partial charge >= 0.3 is 0 Å². The third kappa shape index (κ3) is 3.24. The average Bonchev–Trinajstić information content (AvgIpc) is 2.20. The Morgan fingerprint density at radius 1 is 1.21 bits per heavy atom. The number of anilines is 1. The Morgan fingerprint density at radius 2 is 1.79 bits per heavy atom. The minimum absolute atomic E-state index is 0.681. The highest BCUT2D eigenvalue weighted by molar-refractivity contribution is 5.54. The van der Waals surface area contributed by atoms with E-state index in [1.165, 1.54) is 0 Å². The maximum atomic E-state index is 5.13. The molecule has 0 saturated carbocycles. The van der Waals surface area contributed by atoms with Crippen molar-refractivity contribution in [2.45, 2.75) is 20.8 Å². The highest BCUT2D eigenvalue weighted by Crippen LogP contribution is 2.23. The summed E-state index contributed by atoms with van der Waals surface area (Å²) < 4.78 is 5.13. The monoisotopic (exact) mass is 196 g/mol. The van der Waals surface area contributed by atoms with E-state index < -0.39 is 0 Å². The second kappa shape index (κ2) is 6.24. The molecule has 0 atom stereocenters. The number of ether oxygens (including phenoxy) is 1. The van der Waals surface area contributed by atoms with Crippen LogP contribution in [0, 0.1) is 6.92 Å². The maximum Gasteiger partial charge on any atom is 0.237 e. The largest absolute Gasteiger partial charge is 0.480 e. The van der Waals surface area contributed by atoms with Crippen LogP contribution in [0.25, 0.3) is 0 Å². The van der Waals surface area contributed by atoms with E-state index >= 15 is 0 Å². The van der Waals surface area contributed by atoms with Crippen LogP contribution in [0.5, 0.6) is 5.88 Å². The molecule has 0 unspecified atom stereocenters. The zero-order valence-corrected chi connectivity index (χ0v) is 9.96. The van der Waals surface area contributed by atoms with E-state index in [-0.39, 0.29) is 0 Å². The van der Waals surface area contributed by atoms with Crippen molar-refractivity contribution in [1.29, 1.82) is 0 Å². The SMILES string of the molecule is CC.COc1nc(C)ccc1N(C)C. The van der Waals surface area contributed by atoms with E-state index in [9.17, 15) is 0 Å². The van der Waals surface area contributed by atoms with E-state index in [0.717, 1.165) is 11.4 Å². The summed E-state index contributed by atoms with van der Waals surface area (Å²) in [4.78, 5) is 6.23.